The number of alkyl halides is 4. The number of nitrogens with one attached hydrogen (secondary N) is 1. The van der Waals surface area contributed by atoms with Gasteiger partial charge < -0.3 is 16.0 Å². The number of carbonyl (C=O) groups excluding carboxylic acids is 2. The molecule has 2 amide bonds. The van der Waals surface area contributed by atoms with E-state index in [1.54, 1.807) is 0 Å². The minimum Gasteiger partial charge on any atom is -0.382 e. The van der Waals surface area contributed by atoms with E-state index < -0.39 is 70.8 Å². The quantitative estimate of drug-likeness (QED) is 0.378. The number of carbonyl (C=O) groups is 2. The van der Waals surface area contributed by atoms with Gasteiger partial charge in [-0.1, -0.05) is 12.1 Å². The second-order valence-corrected chi connectivity index (χ2v) is 8.71. The van der Waals surface area contributed by atoms with Gasteiger partial charge in [0.05, 0.1) is 36.2 Å². The van der Waals surface area contributed by atoms with Gasteiger partial charge in [-0.15, -0.1) is 0 Å². The van der Waals surface area contributed by atoms with Gasteiger partial charge in [-0.3, -0.25) is 14.6 Å². The smallest absolute Gasteiger partial charge is 0.382 e. The number of nitrogens with two attached hydrogens (primary N) is 1. The first kappa shape index (κ1) is 25.9. The number of likely N-dealkylation sites (tertiary alicyclic amines) is 1. The van der Waals surface area contributed by atoms with E-state index in [1.165, 1.54) is 24.3 Å². The Morgan fingerprint density at radius 2 is 1.79 bits per heavy atom. The Labute approximate surface area is 215 Å². The van der Waals surface area contributed by atoms with Crippen LogP contribution in [-0.2, 0) is 6.18 Å². The molecule has 3 aromatic heterocycles. The molecule has 1 aromatic carbocycles. The van der Waals surface area contributed by atoms with Crippen molar-refractivity contribution < 1.29 is 35.9 Å². The van der Waals surface area contributed by atoms with E-state index in [0.29, 0.717) is 12.4 Å². The molecule has 3 N–H and O–H groups in total. The number of halogens is 6. The number of rotatable bonds is 4. The summed E-state index contributed by atoms with van der Waals surface area (Å²) in [5, 5.41) is 6.29. The van der Waals surface area contributed by atoms with Gasteiger partial charge in [-0.2, -0.15) is 18.3 Å². The molecule has 0 saturated carbocycles. The number of nitrogen functional groups attached to an aromatic ring is 1. The molecule has 0 radical (unpaired) electrons. The molecule has 39 heavy (non-hydrogen) atoms. The van der Waals surface area contributed by atoms with Gasteiger partial charge >= 0.3 is 6.18 Å². The minimum atomic E-state index is -4.76. The molecule has 1 aliphatic heterocycles. The fraction of sp³-hybridized carbons (Fsp3) is 0.208. The summed E-state index contributed by atoms with van der Waals surface area (Å²) >= 11 is 0. The summed E-state index contributed by atoms with van der Waals surface area (Å²) in [6, 6.07) is 5.11. The van der Waals surface area contributed by atoms with Crippen molar-refractivity contribution in [3.63, 3.8) is 0 Å². The van der Waals surface area contributed by atoms with Gasteiger partial charge in [-0.25, -0.2) is 22.7 Å². The van der Waals surface area contributed by atoms with E-state index in [1.807, 2.05) is 0 Å². The summed E-state index contributed by atoms with van der Waals surface area (Å²) in [5.41, 5.74) is 3.39. The summed E-state index contributed by atoms with van der Waals surface area (Å²) in [6.45, 7) is -0.899. The number of benzene rings is 1. The molecule has 4 aromatic rings. The number of fused-ring (bicyclic) bond motifs is 1. The van der Waals surface area contributed by atoms with Crippen molar-refractivity contribution in [2.45, 2.75) is 18.4 Å². The van der Waals surface area contributed by atoms with Crippen LogP contribution in [0.4, 0.5) is 32.2 Å². The van der Waals surface area contributed by atoms with Crippen molar-refractivity contribution in [3.8, 4) is 11.3 Å². The molecule has 2 atom stereocenters. The van der Waals surface area contributed by atoms with Crippen LogP contribution in [0.2, 0.25) is 0 Å². The predicted octanol–water partition coefficient (Wildman–Crippen LogP) is 3.26. The number of pyridine rings is 1. The number of amides is 2. The fourth-order valence-electron chi connectivity index (χ4n) is 4.40. The Balaban J connectivity index is 1.38. The summed E-state index contributed by atoms with van der Waals surface area (Å²) in [5.74, 6) is -4.70. The zero-order valence-corrected chi connectivity index (χ0v) is 19.6. The molecule has 0 bridgehead atoms. The third-order valence-electron chi connectivity index (χ3n) is 6.23. The highest BCUT2D eigenvalue weighted by molar-refractivity contribution is 5.97. The summed E-state index contributed by atoms with van der Waals surface area (Å²) in [7, 11) is 0. The second-order valence-electron chi connectivity index (χ2n) is 8.71. The second kappa shape index (κ2) is 9.56. The van der Waals surface area contributed by atoms with E-state index in [2.05, 4.69) is 20.4 Å². The topological polar surface area (TPSA) is 119 Å². The molecular weight excluding hydrogens is 532 g/mol. The van der Waals surface area contributed by atoms with Gasteiger partial charge in [0.15, 0.2) is 17.5 Å². The number of nitrogens with zero attached hydrogens (tertiary/aromatic N) is 5. The van der Waals surface area contributed by atoms with Crippen molar-refractivity contribution in [1.82, 2.24) is 29.8 Å². The molecule has 0 spiro atoms. The van der Waals surface area contributed by atoms with Crippen LogP contribution in [0.3, 0.4) is 0 Å². The number of anilines is 1. The lowest BCUT2D eigenvalue weighted by molar-refractivity contribution is -0.136. The summed E-state index contributed by atoms with van der Waals surface area (Å²) in [6.07, 6.45) is -4.23. The third-order valence-corrected chi connectivity index (χ3v) is 6.23. The molecule has 0 aliphatic carbocycles. The first-order chi connectivity index (χ1) is 18.5. The minimum absolute atomic E-state index is 0.0246. The van der Waals surface area contributed by atoms with Crippen LogP contribution in [0.5, 0.6) is 0 Å². The first-order valence-electron chi connectivity index (χ1n) is 11.3. The largest absolute Gasteiger partial charge is 0.418 e. The molecule has 9 nitrogen and oxygen atoms in total. The predicted molar refractivity (Wildman–Crippen MR) is 124 cm³/mol. The van der Waals surface area contributed by atoms with Crippen molar-refractivity contribution in [2.24, 2.45) is 0 Å². The maximum atomic E-state index is 14.7. The molecule has 0 unspecified atom stereocenters. The zero-order valence-electron chi connectivity index (χ0n) is 19.6. The summed E-state index contributed by atoms with van der Waals surface area (Å²) in [4.78, 5) is 33.3. The lowest BCUT2D eigenvalue weighted by atomic mass is 10.1. The molecular formula is C24H17F6N7O2. The Hall–Kier alpha value is -4.69. The van der Waals surface area contributed by atoms with E-state index in [-0.39, 0.29) is 23.4 Å². The zero-order chi connectivity index (χ0) is 28.1. The maximum absolute atomic E-state index is 14.7. The van der Waals surface area contributed by atoms with Crippen LogP contribution in [0.25, 0.3) is 16.8 Å². The first-order valence-corrected chi connectivity index (χ1v) is 11.3. The molecule has 4 heterocycles. The third kappa shape index (κ3) is 4.70. The van der Waals surface area contributed by atoms with Gasteiger partial charge in [0.2, 0.25) is 0 Å². The molecule has 1 aliphatic rings. The highest BCUT2D eigenvalue weighted by Gasteiger charge is 2.39. The van der Waals surface area contributed by atoms with Crippen LogP contribution < -0.4 is 11.1 Å². The summed E-state index contributed by atoms with van der Waals surface area (Å²) < 4.78 is 84.5. The normalized spacial score (nSPS) is 17.5. The van der Waals surface area contributed by atoms with Crippen molar-refractivity contribution in [2.75, 3.05) is 18.8 Å². The molecule has 1 fully saturated rings. The van der Waals surface area contributed by atoms with Crippen LogP contribution in [0, 0.1) is 11.6 Å². The average Bonchev–Trinajstić information content (AvgIpc) is 3.46. The van der Waals surface area contributed by atoms with Crippen molar-refractivity contribution in [3.05, 3.63) is 77.4 Å². The lowest BCUT2D eigenvalue weighted by Gasteiger charge is -2.17. The Morgan fingerprint density at radius 3 is 2.49 bits per heavy atom. The standard InChI is InChI=1S/C24H17F6N7O2/c25-14-6-32-7-15(26)19(14)23(39)36-8-16(27)17(9-36)35-22(38)12-3-1-2-11(4-12)18-5-13(24(28,29)30)20-21(31)33-10-34-37(18)20/h1-7,10,16-17H,8-9H2,(H,35,38)(H2,31,33,34)/t16-,17+/m0/s1. The van der Waals surface area contributed by atoms with E-state index in [0.717, 1.165) is 21.8 Å². The van der Waals surface area contributed by atoms with Crippen molar-refractivity contribution in [1.29, 1.82) is 0 Å². The van der Waals surface area contributed by atoms with Gasteiger partial charge in [0.1, 0.15) is 23.6 Å². The van der Waals surface area contributed by atoms with Gasteiger partial charge in [-0.05, 0) is 18.2 Å². The molecule has 1 saturated heterocycles. The Bertz CT molecular complexity index is 1590. The number of aromatic nitrogens is 4. The Kier molecular flexibility index (Phi) is 6.36. The monoisotopic (exact) mass is 549 g/mol. The van der Waals surface area contributed by atoms with Crippen LogP contribution in [0.1, 0.15) is 26.3 Å². The van der Waals surface area contributed by atoms with E-state index in [9.17, 15) is 35.9 Å². The molecule has 5 rings (SSSR count). The highest BCUT2D eigenvalue weighted by atomic mass is 19.4. The van der Waals surface area contributed by atoms with Crippen LogP contribution in [0.15, 0.2) is 49.1 Å². The van der Waals surface area contributed by atoms with Gasteiger partial charge in [0.25, 0.3) is 11.8 Å². The fourth-order valence-corrected chi connectivity index (χ4v) is 4.40. The highest BCUT2D eigenvalue weighted by Crippen LogP contribution is 2.38. The number of hydrogen-bond acceptors (Lipinski definition) is 6. The number of hydrogen-bond donors (Lipinski definition) is 2. The van der Waals surface area contributed by atoms with E-state index in [4.69, 9.17) is 5.73 Å². The van der Waals surface area contributed by atoms with Crippen LogP contribution in [-0.4, -0.2) is 61.6 Å². The SMILES string of the molecule is Nc1ncnn2c(-c3cccc(C(=O)N[C@@H]4CN(C(=O)c5c(F)cncc5F)C[C@@H]4F)c3)cc(C(F)(F)F)c12. The molecule has 202 valence electrons. The van der Waals surface area contributed by atoms with E-state index >= 15 is 0 Å². The molecule has 15 heteroatoms. The Morgan fingerprint density at radius 1 is 1.08 bits per heavy atom. The van der Waals surface area contributed by atoms with Crippen molar-refractivity contribution >= 4 is 23.1 Å². The van der Waals surface area contributed by atoms with Crippen LogP contribution >= 0.6 is 0 Å². The maximum Gasteiger partial charge on any atom is 0.418 e. The average molecular weight is 549 g/mol. The lowest BCUT2D eigenvalue weighted by Crippen LogP contribution is -2.41. The van der Waals surface area contributed by atoms with Gasteiger partial charge in [0, 0.05) is 17.7 Å².